The average molecular weight is 398 g/mol. The zero-order valence-electron chi connectivity index (χ0n) is 15.5. The van der Waals surface area contributed by atoms with Crippen molar-refractivity contribution in [2.45, 2.75) is 26.1 Å². The van der Waals surface area contributed by atoms with Gasteiger partial charge in [0.05, 0.1) is 5.56 Å². The van der Waals surface area contributed by atoms with E-state index >= 15 is 0 Å². The monoisotopic (exact) mass is 398 g/mol. The molecule has 1 heterocycles. The first-order valence-electron chi connectivity index (χ1n) is 9.08. The molecule has 0 N–H and O–H groups in total. The van der Waals surface area contributed by atoms with Crippen LogP contribution in [0.2, 0.25) is 0 Å². The Morgan fingerprint density at radius 1 is 0.862 bits per heavy atom. The van der Waals surface area contributed by atoms with Gasteiger partial charge < -0.3 is 4.74 Å². The predicted octanol–water partition coefficient (Wildman–Crippen LogP) is 6.05. The fourth-order valence-corrected chi connectivity index (χ4v) is 3.09. The maximum atomic E-state index is 12.7. The van der Waals surface area contributed by atoms with E-state index in [1.165, 1.54) is 12.1 Å². The fraction of sp³-hybridized carbons (Fsp3) is 0.182. The molecule has 0 aliphatic heterocycles. The fourth-order valence-electron chi connectivity index (χ4n) is 3.09. The van der Waals surface area contributed by atoms with E-state index in [-0.39, 0.29) is 6.61 Å². The van der Waals surface area contributed by atoms with Crippen LogP contribution >= 0.6 is 0 Å². The van der Waals surface area contributed by atoms with Crippen LogP contribution in [0.15, 0.2) is 65.3 Å². The highest BCUT2D eigenvalue weighted by Gasteiger charge is 2.29. The summed E-state index contributed by atoms with van der Waals surface area (Å²) in [5.41, 5.74) is 4.38. The molecule has 4 nitrogen and oxygen atoms in total. The molecule has 0 amide bonds. The highest BCUT2D eigenvalue weighted by molar-refractivity contribution is 5.80. The molecule has 29 heavy (non-hydrogen) atoms. The van der Waals surface area contributed by atoms with Crippen LogP contribution in [-0.2, 0) is 19.2 Å². The standard InChI is InChI=1S/C22H17F3N2O2/c1-2-15-11-16(17-5-9-19-20(12-17)27-29-26-19)6-10-21(15)28-13-14-3-7-18(8-4-14)22(23,24)25/h3-12H,2,13H2,1H3. The van der Waals surface area contributed by atoms with E-state index in [2.05, 4.69) is 10.3 Å². The molecule has 1 aromatic heterocycles. The first-order valence-corrected chi connectivity index (χ1v) is 9.08. The normalized spacial score (nSPS) is 11.7. The number of aryl methyl sites for hydroxylation is 1. The topological polar surface area (TPSA) is 48.2 Å². The van der Waals surface area contributed by atoms with Crippen LogP contribution in [0.3, 0.4) is 0 Å². The summed E-state index contributed by atoms with van der Waals surface area (Å²) in [5.74, 6) is 0.709. The number of benzene rings is 3. The molecule has 4 rings (SSSR count). The molecule has 0 unspecified atom stereocenters. The third-order valence-electron chi connectivity index (χ3n) is 4.70. The second kappa shape index (κ2) is 7.58. The molecule has 0 atom stereocenters. The van der Waals surface area contributed by atoms with Crippen LogP contribution in [0, 0.1) is 0 Å². The second-order valence-electron chi connectivity index (χ2n) is 6.63. The Labute approximate surface area is 164 Å². The van der Waals surface area contributed by atoms with Gasteiger partial charge in [0.1, 0.15) is 23.4 Å². The second-order valence-corrected chi connectivity index (χ2v) is 6.63. The predicted molar refractivity (Wildman–Crippen MR) is 102 cm³/mol. The van der Waals surface area contributed by atoms with E-state index in [0.717, 1.165) is 35.2 Å². The zero-order chi connectivity index (χ0) is 20.4. The van der Waals surface area contributed by atoms with Gasteiger partial charge in [-0.25, -0.2) is 4.63 Å². The SMILES string of the molecule is CCc1cc(-c2ccc3nonc3c2)ccc1OCc1ccc(C(F)(F)F)cc1. The third-order valence-corrected chi connectivity index (χ3v) is 4.70. The van der Waals surface area contributed by atoms with Crippen molar-refractivity contribution in [2.75, 3.05) is 0 Å². The first kappa shape index (κ1) is 19.0. The quantitative estimate of drug-likeness (QED) is 0.411. The number of hydrogen-bond acceptors (Lipinski definition) is 4. The average Bonchev–Trinajstić information content (AvgIpc) is 3.19. The van der Waals surface area contributed by atoms with Gasteiger partial charge in [-0.2, -0.15) is 13.2 Å². The van der Waals surface area contributed by atoms with E-state index in [4.69, 9.17) is 9.37 Å². The molecule has 7 heteroatoms. The lowest BCUT2D eigenvalue weighted by Crippen LogP contribution is -2.05. The Morgan fingerprint density at radius 3 is 2.28 bits per heavy atom. The summed E-state index contributed by atoms with van der Waals surface area (Å²) in [6.07, 6.45) is -3.58. The van der Waals surface area contributed by atoms with Crippen molar-refractivity contribution in [3.8, 4) is 16.9 Å². The number of aromatic nitrogens is 2. The summed E-state index contributed by atoms with van der Waals surface area (Å²) in [6.45, 7) is 2.22. The summed E-state index contributed by atoms with van der Waals surface area (Å²) in [4.78, 5) is 0. The van der Waals surface area contributed by atoms with Gasteiger partial charge in [-0.1, -0.05) is 31.2 Å². The van der Waals surface area contributed by atoms with Gasteiger partial charge in [-0.15, -0.1) is 0 Å². The number of alkyl halides is 3. The number of rotatable bonds is 5. The third kappa shape index (κ3) is 4.08. The highest BCUT2D eigenvalue weighted by atomic mass is 19.4. The van der Waals surface area contributed by atoms with E-state index < -0.39 is 11.7 Å². The minimum absolute atomic E-state index is 0.195. The van der Waals surface area contributed by atoms with Crippen LogP contribution in [0.25, 0.3) is 22.2 Å². The minimum Gasteiger partial charge on any atom is -0.489 e. The van der Waals surface area contributed by atoms with Crippen LogP contribution in [0.5, 0.6) is 5.75 Å². The molecule has 0 saturated heterocycles. The molecule has 0 aliphatic rings. The lowest BCUT2D eigenvalue weighted by atomic mass is 10.0. The Morgan fingerprint density at radius 2 is 1.55 bits per heavy atom. The van der Waals surface area contributed by atoms with Crippen LogP contribution < -0.4 is 4.74 Å². The maximum absolute atomic E-state index is 12.7. The molecule has 0 spiro atoms. The summed E-state index contributed by atoms with van der Waals surface area (Å²) >= 11 is 0. The van der Waals surface area contributed by atoms with Crippen LogP contribution in [-0.4, -0.2) is 10.3 Å². The van der Waals surface area contributed by atoms with Gasteiger partial charge in [0.15, 0.2) is 0 Å². The van der Waals surface area contributed by atoms with E-state index in [1.807, 2.05) is 43.3 Å². The minimum atomic E-state index is -4.34. The largest absolute Gasteiger partial charge is 0.489 e. The summed E-state index contributed by atoms with van der Waals surface area (Å²) < 4.78 is 48.6. The number of halogens is 3. The summed E-state index contributed by atoms with van der Waals surface area (Å²) in [6, 6.07) is 16.6. The number of fused-ring (bicyclic) bond motifs is 1. The summed E-state index contributed by atoms with van der Waals surface area (Å²) in [7, 11) is 0. The van der Waals surface area contributed by atoms with Crippen molar-refractivity contribution in [3.63, 3.8) is 0 Å². The van der Waals surface area contributed by atoms with Crippen molar-refractivity contribution < 1.29 is 22.5 Å². The van der Waals surface area contributed by atoms with Crippen LogP contribution in [0.4, 0.5) is 13.2 Å². The van der Waals surface area contributed by atoms with Gasteiger partial charge in [-0.3, -0.25) is 0 Å². The number of hydrogen-bond donors (Lipinski definition) is 0. The highest BCUT2D eigenvalue weighted by Crippen LogP contribution is 2.31. The smallest absolute Gasteiger partial charge is 0.416 e. The Balaban J connectivity index is 1.52. The molecule has 148 valence electrons. The molecule has 0 fully saturated rings. The van der Waals surface area contributed by atoms with Gasteiger partial charge in [0.25, 0.3) is 0 Å². The van der Waals surface area contributed by atoms with Gasteiger partial charge in [0.2, 0.25) is 0 Å². The Kier molecular flexibility index (Phi) is 4.96. The van der Waals surface area contributed by atoms with Crippen molar-refractivity contribution in [3.05, 3.63) is 77.4 Å². The van der Waals surface area contributed by atoms with E-state index in [1.54, 1.807) is 0 Å². The number of ether oxygens (including phenoxy) is 1. The molecular formula is C22H17F3N2O2. The Bertz CT molecular complexity index is 1130. The van der Waals surface area contributed by atoms with Crippen molar-refractivity contribution >= 4 is 11.0 Å². The molecule has 0 bridgehead atoms. The Hall–Kier alpha value is -3.35. The molecular weight excluding hydrogens is 381 g/mol. The van der Waals surface area contributed by atoms with E-state index in [9.17, 15) is 13.2 Å². The molecule has 3 aromatic carbocycles. The number of nitrogens with zero attached hydrogens (tertiary/aromatic N) is 2. The van der Waals surface area contributed by atoms with Gasteiger partial charge >= 0.3 is 6.18 Å². The molecule has 4 aromatic rings. The van der Waals surface area contributed by atoms with Crippen molar-refractivity contribution in [1.29, 1.82) is 0 Å². The van der Waals surface area contributed by atoms with E-state index in [0.29, 0.717) is 22.3 Å². The lowest BCUT2D eigenvalue weighted by molar-refractivity contribution is -0.137. The van der Waals surface area contributed by atoms with Gasteiger partial charge in [-0.05, 0) is 75.4 Å². The summed E-state index contributed by atoms with van der Waals surface area (Å²) in [5, 5.41) is 7.67. The zero-order valence-corrected chi connectivity index (χ0v) is 15.5. The molecule has 0 saturated carbocycles. The van der Waals surface area contributed by atoms with Crippen LogP contribution in [0.1, 0.15) is 23.6 Å². The molecule has 0 aliphatic carbocycles. The lowest BCUT2D eigenvalue weighted by Gasteiger charge is -2.13. The molecule has 0 radical (unpaired) electrons. The maximum Gasteiger partial charge on any atom is 0.416 e. The first-order chi connectivity index (χ1) is 13.9. The van der Waals surface area contributed by atoms with Crippen molar-refractivity contribution in [2.24, 2.45) is 0 Å². The van der Waals surface area contributed by atoms with Crippen molar-refractivity contribution in [1.82, 2.24) is 10.3 Å². The van der Waals surface area contributed by atoms with Gasteiger partial charge in [0, 0.05) is 0 Å².